The second-order valence-corrected chi connectivity index (χ2v) is 12.6. The molecule has 0 amide bonds. The van der Waals surface area contributed by atoms with E-state index >= 15 is 0 Å². The zero-order chi connectivity index (χ0) is 27.8. The van der Waals surface area contributed by atoms with Crippen LogP contribution in [0.15, 0.2) is 72.8 Å². The number of hydrogen-bond donors (Lipinski definition) is 0. The van der Waals surface area contributed by atoms with Gasteiger partial charge in [-0.1, -0.05) is 65.8 Å². The largest absolute Gasteiger partial charge is 0.457 e. The maximum Gasteiger partial charge on any atom is 0.131 e. The van der Waals surface area contributed by atoms with E-state index in [1.165, 1.54) is 44.5 Å². The van der Waals surface area contributed by atoms with E-state index in [0.717, 1.165) is 23.0 Å². The van der Waals surface area contributed by atoms with Gasteiger partial charge in [-0.2, -0.15) is 0 Å². The van der Waals surface area contributed by atoms with Gasteiger partial charge in [0.05, 0.1) is 0 Å². The Labute approximate surface area is 229 Å². The summed E-state index contributed by atoms with van der Waals surface area (Å²) in [5, 5.41) is 0. The van der Waals surface area contributed by atoms with Gasteiger partial charge in [-0.3, -0.25) is 0 Å². The molecule has 0 aliphatic heterocycles. The third kappa shape index (κ3) is 6.13. The zero-order valence-electron chi connectivity index (χ0n) is 24.7. The molecule has 198 valence electrons. The molecule has 0 bridgehead atoms. The van der Waals surface area contributed by atoms with Gasteiger partial charge in [0.1, 0.15) is 23.0 Å². The summed E-state index contributed by atoms with van der Waals surface area (Å²) >= 11 is 0. The van der Waals surface area contributed by atoms with Crippen molar-refractivity contribution in [3.05, 3.63) is 106 Å². The summed E-state index contributed by atoms with van der Waals surface area (Å²) in [7, 11) is 0. The van der Waals surface area contributed by atoms with E-state index in [-0.39, 0.29) is 10.8 Å². The Balaban J connectivity index is 1.74. The molecule has 0 radical (unpaired) electrons. The van der Waals surface area contributed by atoms with E-state index in [2.05, 4.69) is 130 Å². The van der Waals surface area contributed by atoms with Crippen molar-refractivity contribution in [1.82, 2.24) is 0 Å². The minimum atomic E-state index is -0.0791. The molecule has 0 N–H and O–H groups in total. The van der Waals surface area contributed by atoms with Crippen LogP contribution in [0.5, 0.6) is 23.0 Å². The normalized spacial score (nSPS) is 11.9. The van der Waals surface area contributed by atoms with E-state index in [9.17, 15) is 0 Å². The fraction of sp³-hybridized carbons (Fsp3) is 0.333. The highest BCUT2D eigenvalue weighted by molar-refractivity contribution is 5.69. The smallest absolute Gasteiger partial charge is 0.131 e. The molecule has 0 atom stereocenters. The first-order chi connectivity index (χ1) is 17.7. The molecule has 38 heavy (non-hydrogen) atoms. The van der Waals surface area contributed by atoms with Crippen LogP contribution in [-0.2, 0) is 10.8 Å². The van der Waals surface area contributed by atoms with Crippen molar-refractivity contribution in [3.63, 3.8) is 0 Å². The number of aryl methyl sites for hydroxylation is 4. The first-order valence-electron chi connectivity index (χ1n) is 13.5. The lowest BCUT2D eigenvalue weighted by Gasteiger charge is -2.26. The Morgan fingerprint density at radius 3 is 1.11 bits per heavy atom. The van der Waals surface area contributed by atoms with Crippen LogP contribution in [-0.4, -0.2) is 0 Å². The highest BCUT2D eigenvalue weighted by atomic mass is 16.5. The van der Waals surface area contributed by atoms with Crippen LogP contribution in [0.1, 0.15) is 74.9 Å². The summed E-state index contributed by atoms with van der Waals surface area (Å²) in [5.41, 5.74) is 9.54. The average molecular weight is 507 g/mol. The Kier molecular flexibility index (Phi) is 7.48. The zero-order valence-corrected chi connectivity index (χ0v) is 24.7. The molecule has 0 saturated heterocycles. The Bertz CT molecular complexity index is 1350. The molecule has 0 aromatic heterocycles. The number of benzene rings is 4. The van der Waals surface area contributed by atoms with Gasteiger partial charge in [-0.05, 0) is 120 Å². The van der Waals surface area contributed by atoms with Crippen LogP contribution in [0.3, 0.4) is 0 Å². The number of rotatable bonds is 5. The minimum Gasteiger partial charge on any atom is -0.457 e. The Morgan fingerprint density at radius 2 is 0.789 bits per heavy atom. The lowest BCUT2D eigenvalue weighted by atomic mass is 9.82. The van der Waals surface area contributed by atoms with Gasteiger partial charge in [0.2, 0.25) is 0 Å². The quantitative estimate of drug-likeness (QED) is 0.268. The molecule has 4 aromatic rings. The van der Waals surface area contributed by atoms with Crippen LogP contribution in [0.25, 0.3) is 11.1 Å². The molecule has 0 aliphatic rings. The molecule has 4 rings (SSSR count). The molecule has 0 aliphatic carbocycles. The van der Waals surface area contributed by atoms with Crippen molar-refractivity contribution in [2.75, 3.05) is 0 Å². The lowest BCUT2D eigenvalue weighted by molar-refractivity contribution is 0.454. The summed E-state index contributed by atoms with van der Waals surface area (Å²) in [6.07, 6.45) is 0. The lowest BCUT2D eigenvalue weighted by Crippen LogP contribution is -2.14. The van der Waals surface area contributed by atoms with Crippen molar-refractivity contribution in [3.8, 4) is 34.1 Å². The molecule has 0 unspecified atom stereocenters. The van der Waals surface area contributed by atoms with Crippen LogP contribution >= 0.6 is 0 Å². The Hall–Kier alpha value is -3.52. The fourth-order valence-corrected chi connectivity index (χ4v) is 4.58. The molecule has 0 fully saturated rings. The first-order valence-corrected chi connectivity index (χ1v) is 13.5. The summed E-state index contributed by atoms with van der Waals surface area (Å²) in [6.45, 7) is 21.9. The molecule has 0 saturated carbocycles. The van der Waals surface area contributed by atoms with Crippen LogP contribution in [0.4, 0.5) is 0 Å². The summed E-state index contributed by atoms with van der Waals surface area (Å²) < 4.78 is 12.8. The van der Waals surface area contributed by atoms with E-state index in [0.29, 0.717) is 0 Å². The number of hydrogen-bond acceptors (Lipinski definition) is 2. The first kappa shape index (κ1) is 27.5. The standard InChI is InChI=1S/C36H42O2/c1-23-11-15-29(19-25(23)3)37-33-17-13-27(21-31(33)35(5,6)7)28-14-18-34(32(22-28)36(8,9)10)38-30-16-12-24(2)26(4)20-30/h11-22H,1-10H3. The summed E-state index contributed by atoms with van der Waals surface area (Å²) in [6, 6.07) is 25.7. The highest BCUT2D eigenvalue weighted by Gasteiger charge is 2.23. The SMILES string of the molecule is Cc1ccc(Oc2ccc(-c3ccc(Oc4ccc(C)c(C)c4)c(C(C)(C)C)c3)cc2C(C)(C)C)cc1C. The maximum absolute atomic E-state index is 6.42. The van der Waals surface area contributed by atoms with Crippen molar-refractivity contribution in [2.45, 2.75) is 80.1 Å². The van der Waals surface area contributed by atoms with E-state index in [4.69, 9.17) is 9.47 Å². The third-order valence-electron chi connectivity index (χ3n) is 7.32. The van der Waals surface area contributed by atoms with Gasteiger partial charge >= 0.3 is 0 Å². The number of ether oxygens (including phenoxy) is 2. The molecular weight excluding hydrogens is 464 g/mol. The van der Waals surface area contributed by atoms with Crippen molar-refractivity contribution in [1.29, 1.82) is 0 Å². The minimum absolute atomic E-state index is 0.0791. The molecule has 0 heterocycles. The van der Waals surface area contributed by atoms with Gasteiger partial charge in [0.25, 0.3) is 0 Å². The second-order valence-electron chi connectivity index (χ2n) is 12.6. The topological polar surface area (TPSA) is 18.5 Å². The fourth-order valence-electron chi connectivity index (χ4n) is 4.58. The van der Waals surface area contributed by atoms with Crippen LogP contribution < -0.4 is 9.47 Å². The van der Waals surface area contributed by atoms with Crippen molar-refractivity contribution < 1.29 is 9.47 Å². The van der Waals surface area contributed by atoms with Crippen LogP contribution in [0, 0.1) is 27.7 Å². The van der Waals surface area contributed by atoms with E-state index in [1.54, 1.807) is 0 Å². The Morgan fingerprint density at radius 1 is 0.421 bits per heavy atom. The van der Waals surface area contributed by atoms with E-state index < -0.39 is 0 Å². The van der Waals surface area contributed by atoms with Crippen LogP contribution in [0.2, 0.25) is 0 Å². The van der Waals surface area contributed by atoms with Gasteiger partial charge in [0, 0.05) is 11.1 Å². The maximum atomic E-state index is 6.42. The summed E-state index contributed by atoms with van der Waals surface area (Å²) in [5.74, 6) is 3.54. The molecule has 2 heteroatoms. The third-order valence-corrected chi connectivity index (χ3v) is 7.32. The second kappa shape index (κ2) is 10.3. The average Bonchev–Trinajstić information content (AvgIpc) is 2.83. The van der Waals surface area contributed by atoms with Gasteiger partial charge in [0.15, 0.2) is 0 Å². The highest BCUT2D eigenvalue weighted by Crippen LogP contribution is 2.41. The predicted octanol–water partition coefficient (Wildman–Crippen LogP) is 10.8. The molecule has 4 aromatic carbocycles. The molecule has 2 nitrogen and oxygen atoms in total. The molecular formula is C36H42O2. The van der Waals surface area contributed by atoms with Crippen molar-refractivity contribution >= 4 is 0 Å². The monoisotopic (exact) mass is 506 g/mol. The molecule has 0 spiro atoms. The van der Waals surface area contributed by atoms with Gasteiger partial charge < -0.3 is 9.47 Å². The van der Waals surface area contributed by atoms with Gasteiger partial charge in [-0.25, -0.2) is 0 Å². The van der Waals surface area contributed by atoms with Crippen molar-refractivity contribution in [2.24, 2.45) is 0 Å². The summed E-state index contributed by atoms with van der Waals surface area (Å²) in [4.78, 5) is 0. The van der Waals surface area contributed by atoms with E-state index in [1.807, 2.05) is 12.1 Å². The van der Waals surface area contributed by atoms with Gasteiger partial charge in [-0.15, -0.1) is 0 Å². The predicted molar refractivity (Wildman–Crippen MR) is 161 cm³/mol.